The highest BCUT2D eigenvalue weighted by Gasteiger charge is 2.28. The lowest BCUT2D eigenvalue weighted by molar-refractivity contribution is 0.315. The fourth-order valence-electron chi connectivity index (χ4n) is 1.76. The highest BCUT2D eigenvalue weighted by atomic mass is 32.2. The highest BCUT2D eigenvalue weighted by Crippen LogP contribution is 2.32. The van der Waals surface area contributed by atoms with Crippen molar-refractivity contribution in [3.8, 4) is 5.75 Å². The van der Waals surface area contributed by atoms with Gasteiger partial charge in [-0.25, -0.2) is 0 Å². The van der Waals surface area contributed by atoms with Crippen LogP contribution in [-0.2, 0) is 10.2 Å². The quantitative estimate of drug-likeness (QED) is 0.882. The molecule has 1 aromatic carbocycles. The zero-order chi connectivity index (χ0) is 12.5. The molecule has 1 heterocycles. The maximum atomic E-state index is 12.1. The monoisotopic (exact) mass is 256 g/mol. The van der Waals surface area contributed by atoms with Gasteiger partial charge in [0.2, 0.25) is 0 Å². The topological polar surface area (TPSA) is 58.6 Å². The molecule has 0 aliphatic carbocycles. The SMILES string of the molecule is CC(C)NS(=O)(=O)N1CCOc2ccccc21. The van der Waals surface area contributed by atoms with Gasteiger partial charge in [0, 0.05) is 6.04 Å². The van der Waals surface area contributed by atoms with Gasteiger partial charge in [0.15, 0.2) is 0 Å². The van der Waals surface area contributed by atoms with Crippen LogP contribution in [0.25, 0.3) is 0 Å². The molecule has 1 aromatic rings. The van der Waals surface area contributed by atoms with Crippen LogP contribution in [0, 0.1) is 0 Å². The molecule has 94 valence electrons. The number of fused-ring (bicyclic) bond motifs is 1. The molecule has 0 saturated heterocycles. The van der Waals surface area contributed by atoms with Gasteiger partial charge in [-0.1, -0.05) is 12.1 Å². The van der Waals surface area contributed by atoms with Gasteiger partial charge in [0.25, 0.3) is 0 Å². The van der Waals surface area contributed by atoms with E-state index in [-0.39, 0.29) is 6.04 Å². The predicted molar refractivity (Wildman–Crippen MR) is 66.5 cm³/mol. The first kappa shape index (κ1) is 12.2. The van der Waals surface area contributed by atoms with Crippen molar-refractivity contribution in [2.75, 3.05) is 17.5 Å². The zero-order valence-electron chi connectivity index (χ0n) is 9.88. The lowest BCUT2D eigenvalue weighted by Crippen LogP contribution is -2.47. The minimum Gasteiger partial charge on any atom is -0.489 e. The van der Waals surface area contributed by atoms with Crippen molar-refractivity contribution in [1.82, 2.24) is 4.72 Å². The Morgan fingerprint density at radius 3 is 2.76 bits per heavy atom. The second kappa shape index (κ2) is 4.54. The molecule has 0 amide bonds. The molecule has 0 saturated carbocycles. The Bertz CT molecular complexity index is 499. The van der Waals surface area contributed by atoms with Gasteiger partial charge < -0.3 is 4.74 Å². The second-order valence-corrected chi connectivity index (χ2v) is 5.79. The van der Waals surface area contributed by atoms with Gasteiger partial charge in [-0.3, -0.25) is 4.31 Å². The van der Waals surface area contributed by atoms with Gasteiger partial charge >= 0.3 is 10.2 Å². The number of rotatable bonds is 3. The lowest BCUT2D eigenvalue weighted by atomic mass is 10.2. The third-order valence-electron chi connectivity index (χ3n) is 2.36. The number of hydrogen-bond acceptors (Lipinski definition) is 3. The lowest BCUT2D eigenvalue weighted by Gasteiger charge is -2.30. The number of nitrogens with zero attached hydrogens (tertiary/aromatic N) is 1. The van der Waals surface area contributed by atoms with E-state index in [1.807, 2.05) is 6.07 Å². The van der Waals surface area contributed by atoms with E-state index in [4.69, 9.17) is 4.74 Å². The Balaban J connectivity index is 2.36. The predicted octanol–water partition coefficient (Wildman–Crippen LogP) is 1.13. The van der Waals surface area contributed by atoms with Crippen LogP contribution >= 0.6 is 0 Å². The van der Waals surface area contributed by atoms with Gasteiger partial charge in [-0.15, -0.1) is 0 Å². The molecule has 6 heteroatoms. The Morgan fingerprint density at radius 1 is 1.35 bits per heavy atom. The first-order valence-corrected chi connectivity index (χ1v) is 6.96. The molecule has 1 N–H and O–H groups in total. The zero-order valence-corrected chi connectivity index (χ0v) is 10.7. The molecule has 2 rings (SSSR count). The number of hydrogen-bond donors (Lipinski definition) is 1. The number of benzene rings is 1. The van der Waals surface area contributed by atoms with Gasteiger partial charge in [0.1, 0.15) is 12.4 Å². The van der Waals surface area contributed by atoms with E-state index in [0.717, 1.165) is 0 Å². The molecule has 0 fully saturated rings. The van der Waals surface area contributed by atoms with Crippen LogP contribution in [0.5, 0.6) is 5.75 Å². The fraction of sp³-hybridized carbons (Fsp3) is 0.455. The Hall–Kier alpha value is -1.27. The first-order chi connectivity index (χ1) is 8.00. The molecule has 1 aliphatic heterocycles. The van der Waals surface area contributed by atoms with Crippen molar-refractivity contribution in [3.05, 3.63) is 24.3 Å². The van der Waals surface area contributed by atoms with E-state index in [0.29, 0.717) is 24.6 Å². The van der Waals surface area contributed by atoms with Crippen LogP contribution < -0.4 is 13.8 Å². The molecule has 17 heavy (non-hydrogen) atoms. The van der Waals surface area contributed by atoms with E-state index in [2.05, 4.69) is 4.72 Å². The van der Waals surface area contributed by atoms with E-state index >= 15 is 0 Å². The van der Waals surface area contributed by atoms with E-state index in [9.17, 15) is 8.42 Å². The van der Waals surface area contributed by atoms with Crippen LogP contribution in [0.2, 0.25) is 0 Å². The maximum Gasteiger partial charge on any atom is 0.302 e. The summed E-state index contributed by atoms with van der Waals surface area (Å²) >= 11 is 0. The van der Waals surface area contributed by atoms with Gasteiger partial charge in [-0.2, -0.15) is 13.1 Å². The van der Waals surface area contributed by atoms with Crippen LogP contribution in [0.1, 0.15) is 13.8 Å². The summed E-state index contributed by atoms with van der Waals surface area (Å²) in [4.78, 5) is 0. The number of nitrogens with one attached hydrogen (secondary N) is 1. The third-order valence-corrected chi connectivity index (χ3v) is 4.09. The largest absolute Gasteiger partial charge is 0.489 e. The Kier molecular flexibility index (Phi) is 3.26. The molecule has 0 atom stereocenters. The van der Waals surface area contributed by atoms with Crippen LogP contribution in [-0.4, -0.2) is 27.6 Å². The summed E-state index contributed by atoms with van der Waals surface area (Å²) in [5.41, 5.74) is 0.590. The van der Waals surface area contributed by atoms with Crippen LogP contribution in [0.15, 0.2) is 24.3 Å². The molecular formula is C11H16N2O3S. The Labute approximate surface area is 102 Å². The fourth-order valence-corrected chi connectivity index (χ4v) is 3.20. The summed E-state index contributed by atoms with van der Waals surface area (Å²) in [6, 6.07) is 7.01. The van der Waals surface area contributed by atoms with Crippen molar-refractivity contribution in [3.63, 3.8) is 0 Å². The summed E-state index contributed by atoms with van der Waals surface area (Å²) in [5.74, 6) is 0.605. The van der Waals surface area contributed by atoms with Crippen molar-refractivity contribution in [1.29, 1.82) is 0 Å². The van der Waals surface area contributed by atoms with Crippen molar-refractivity contribution in [2.45, 2.75) is 19.9 Å². The van der Waals surface area contributed by atoms with Crippen LogP contribution in [0.4, 0.5) is 5.69 Å². The Morgan fingerprint density at radius 2 is 2.06 bits per heavy atom. The second-order valence-electron chi connectivity index (χ2n) is 4.17. The molecular weight excluding hydrogens is 240 g/mol. The average Bonchev–Trinajstić information content (AvgIpc) is 2.26. The van der Waals surface area contributed by atoms with Gasteiger partial charge in [0.05, 0.1) is 12.2 Å². The highest BCUT2D eigenvalue weighted by molar-refractivity contribution is 7.90. The molecule has 1 aliphatic rings. The minimum absolute atomic E-state index is 0.130. The smallest absolute Gasteiger partial charge is 0.302 e. The molecule has 0 unspecified atom stereocenters. The summed E-state index contributed by atoms with van der Waals surface area (Å²) in [6.07, 6.45) is 0. The molecule has 0 bridgehead atoms. The van der Waals surface area contributed by atoms with Crippen molar-refractivity contribution < 1.29 is 13.2 Å². The van der Waals surface area contributed by atoms with E-state index in [1.165, 1.54) is 4.31 Å². The normalized spacial score (nSPS) is 15.6. The van der Waals surface area contributed by atoms with Crippen molar-refractivity contribution in [2.24, 2.45) is 0 Å². The number of anilines is 1. The third kappa shape index (κ3) is 2.53. The molecule has 5 nitrogen and oxygen atoms in total. The minimum atomic E-state index is -3.49. The molecule has 0 aromatic heterocycles. The standard InChI is InChI=1S/C11H16N2O3S/c1-9(2)12-17(14,15)13-7-8-16-11-6-4-3-5-10(11)13/h3-6,9,12H,7-8H2,1-2H3. The summed E-state index contributed by atoms with van der Waals surface area (Å²) in [5, 5.41) is 0. The molecule has 0 spiro atoms. The summed E-state index contributed by atoms with van der Waals surface area (Å²) < 4.78 is 33.6. The first-order valence-electron chi connectivity index (χ1n) is 5.52. The van der Waals surface area contributed by atoms with E-state index in [1.54, 1.807) is 32.0 Å². The van der Waals surface area contributed by atoms with E-state index < -0.39 is 10.2 Å². The molecule has 0 radical (unpaired) electrons. The average molecular weight is 256 g/mol. The summed E-state index contributed by atoms with van der Waals surface area (Å²) in [6.45, 7) is 4.29. The van der Waals surface area contributed by atoms with Crippen LogP contribution in [0.3, 0.4) is 0 Å². The summed E-state index contributed by atoms with van der Waals surface area (Å²) in [7, 11) is -3.49. The van der Waals surface area contributed by atoms with Crippen molar-refractivity contribution >= 4 is 15.9 Å². The maximum absolute atomic E-state index is 12.1. The number of ether oxygens (including phenoxy) is 1. The number of para-hydroxylation sites is 2. The van der Waals surface area contributed by atoms with Gasteiger partial charge in [-0.05, 0) is 26.0 Å².